The van der Waals surface area contributed by atoms with E-state index in [0.717, 1.165) is 16.6 Å². The molecule has 0 saturated carbocycles. The number of hydrogen-bond acceptors (Lipinski definition) is 2. The summed E-state index contributed by atoms with van der Waals surface area (Å²) in [6.45, 7) is 4.04. The summed E-state index contributed by atoms with van der Waals surface area (Å²) in [6, 6.07) is 0. The summed E-state index contributed by atoms with van der Waals surface area (Å²) in [4.78, 5) is 11.7. The molecule has 0 aliphatic carbocycles. The molecule has 0 saturated heterocycles. The van der Waals surface area contributed by atoms with Gasteiger partial charge in [-0.05, 0) is 25.8 Å². The van der Waals surface area contributed by atoms with Crippen LogP contribution in [0.25, 0.3) is 10.9 Å². The third-order valence-corrected chi connectivity index (χ3v) is 2.97. The molecule has 0 bridgehead atoms. The van der Waals surface area contributed by atoms with Crippen molar-refractivity contribution in [3.8, 4) is 0 Å². The quantitative estimate of drug-likeness (QED) is 0.861. The number of alkyl halides is 1. The Morgan fingerprint density at radius 2 is 2.25 bits per heavy atom. The van der Waals surface area contributed by atoms with Gasteiger partial charge in [0.15, 0.2) is 0 Å². The zero-order valence-corrected chi connectivity index (χ0v) is 9.38. The molecule has 0 aliphatic heterocycles. The molecule has 2 rings (SSSR count). The average molecular weight is 223 g/mol. The van der Waals surface area contributed by atoms with Crippen LogP contribution in [0.5, 0.6) is 0 Å². The molecule has 2 heterocycles. The van der Waals surface area contributed by atoms with E-state index in [1.54, 1.807) is 6.20 Å². The fraction of sp³-hybridized carbons (Fsp3) is 0.455. The molecule has 5 heteroatoms. The van der Waals surface area contributed by atoms with Crippen molar-refractivity contribution in [2.75, 3.05) is 6.67 Å². The van der Waals surface area contributed by atoms with E-state index in [-0.39, 0.29) is 12.2 Å². The van der Waals surface area contributed by atoms with Gasteiger partial charge in [-0.2, -0.15) is 5.10 Å². The van der Waals surface area contributed by atoms with E-state index in [4.69, 9.17) is 0 Å². The molecule has 1 N–H and O–H groups in total. The first-order valence-corrected chi connectivity index (χ1v) is 5.26. The third-order valence-electron chi connectivity index (χ3n) is 2.97. The molecule has 4 nitrogen and oxygen atoms in total. The van der Waals surface area contributed by atoms with Crippen LogP contribution >= 0.6 is 0 Å². The molecule has 0 spiro atoms. The molecule has 0 amide bonds. The van der Waals surface area contributed by atoms with Gasteiger partial charge in [-0.15, -0.1) is 0 Å². The lowest BCUT2D eigenvalue weighted by atomic mass is 10.2. The Balaban J connectivity index is 2.71. The lowest BCUT2D eigenvalue weighted by Crippen LogP contribution is -2.13. The maximum atomic E-state index is 12.2. The van der Waals surface area contributed by atoms with Gasteiger partial charge < -0.3 is 4.57 Å². The molecule has 86 valence electrons. The number of halogens is 1. The van der Waals surface area contributed by atoms with Crippen molar-refractivity contribution in [3.05, 3.63) is 27.8 Å². The van der Waals surface area contributed by atoms with Crippen LogP contribution in [0.1, 0.15) is 17.7 Å². The second-order valence-electron chi connectivity index (χ2n) is 3.87. The normalized spacial score (nSPS) is 11.2. The zero-order valence-electron chi connectivity index (χ0n) is 9.38. The Labute approximate surface area is 92.1 Å². The van der Waals surface area contributed by atoms with Crippen molar-refractivity contribution in [2.24, 2.45) is 0 Å². The van der Waals surface area contributed by atoms with E-state index in [2.05, 4.69) is 10.2 Å². The molecule has 0 radical (unpaired) electrons. The van der Waals surface area contributed by atoms with E-state index >= 15 is 0 Å². The zero-order chi connectivity index (χ0) is 11.7. The van der Waals surface area contributed by atoms with Crippen LogP contribution in [0, 0.1) is 13.8 Å². The highest BCUT2D eigenvalue weighted by Crippen LogP contribution is 2.21. The lowest BCUT2D eigenvalue weighted by molar-refractivity contribution is 0.448. The fourth-order valence-corrected chi connectivity index (χ4v) is 2.00. The molecule has 16 heavy (non-hydrogen) atoms. The maximum absolute atomic E-state index is 12.2. The summed E-state index contributed by atoms with van der Waals surface area (Å²) in [5.41, 5.74) is 2.42. The van der Waals surface area contributed by atoms with Crippen LogP contribution in [-0.4, -0.2) is 21.4 Å². The van der Waals surface area contributed by atoms with Crippen molar-refractivity contribution in [1.82, 2.24) is 14.8 Å². The number of hydrogen-bond donors (Lipinski definition) is 1. The minimum atomic E-state index is -0.374. The van der Waals surface area contributed by atoms with E-state index in [1.807, 2.05) is 18.4 Å². The van der Waals surface area contributed by atoms with Gasteiger partial charge in [-0.25, -0.2) is 5.10 Å². The maximum Gasteiger partial charge on any atom is 0.288 e. The Kier molecular flexibility index (Phi) is 2.77. The highest BCUT2D eigenvalue weighted by molar-refractivity contribution is 5.83. The van der Waals surface area contributed by atoms with E-state index in [1.165, 1.54) is 0 Å². The second-order valence-corrected chi connectivity index (χ2v) is 3.87. The Morgan fingerprint density at radius 3 is 2.94 bits per heavy atom. The van der Waals surface area contributed by atoms with Crippen LogP contribution in [0.15, 0.2) is 11.0 Å². The van der Waals surface area contributed by atoms with Crippen LogP contribution in [0.2, 0.25) is 0 Å². The Bertz CT molecular complexity index is 570. The number of rotatable bonds is 3. The van der Waals surface area contributed by atoms with Crippen molar-refractivity contribution >= 4 is 10.9 Å². The van der Waals surface area contributed by atoms with Crippen LogP contribution in [0.3, 0.4) is 0 Å². The standard InChI is InChI=1S/C11H14FN3O/c1-7-8(2)15(5-3-4-12)10-9(7)6-13-14-11(10)16/h6H,3-5H2,1-2H3,(H,14,16). The highest BCUT2D eigenvalue weighted by atomic mass is 19.1. The summed E-state index contributed by atoms with van der Waals surface area (Å²) >= 11 is 0. The smallest absolute Gasteiger partial charge is 0.288 e. The van der Waals surface area contributed by atoms with Crippen LogP contribution in [0.4, 0.5) is 4.39 Å². The first kappa shape index (κ1) is 10.9. The van der Waals surface area contributed by atoms with Gasteiger partial charge in [0, 0.05) is 17.6 Å². The Hall–Kier alpha value is -1.65. The molecule has 0 unspecified atom stereocenters. The lowest BCUT2D eigenvalue weighted by Gasteiger charge is -2.05. The van der Waals surface area contributed by atoms with E-state index in [0.29, 0.717) is 18.5 Å². The molecule has 2 aromatic heterocycles. The molecule has 0 fully saturated rings. The largest absolute Gasteiger partial charge is 0.340 e. The number of nitrogens with one attached hydrogen (secondary N) is 1. The van der Waals surface area contributed by atoms with Gasteiger partial charge in [0.25, 0.3) is 5.56 Å². The van der Waals surface area contributed by atoms with Crippen LogP contribution in [-0.2, 0) is 6.54 Å². The number of aromatic nitrogens is 3. The van der Waals surface area contributed by atoms with Gasteiger partial charge in [-0.1, -0.05) is 0 Å². The average Bonchev–Trinajstić information content (AvgIpc) is 2.52. The van der Waals surface area contributed by atoms with E-state index < -0.39 is 0 Å². The fourth-order valence-electron chi connectivity index (χ4n) is 2.00. The van der Waals surface area contributed by atoms with Crippen LogP contribution < -0.4 is 5.56 Å². The number of H-pyrrole nitrogens is 1. The number of nitrogens with zero attached hydrogens (tertiary/aromatic N) is 2. The molecular formula is C11H14FN3O. The summed E-state index contributed by atoms with van der Waals surface area (Å²) in [5, 5.41) is 7.04. The first-order valence-electron chi connectivity index (χ1n) is 5.26. The van der Waals surface area contributed by atoms with Gasteiger partial charge >= 0.3 is 0 Å². The first-order chi connectivity index (χ1) is 7.66. The molecule has 0 aromatic carbocycles. The monoisotopic (exact) mass is 223 g/mol. The summed E-state index contributed by atoms with van der Waals surface area (Å²) in [7, 11) is 0. The van der Waals surface area contributed by atoms with Gasteiger partial charge in [0.05, 0.1) is 12.9 Å². The number of aryl methyl sites for hydroxylation is 2. The van der Waals surface area contributed by atoms with Gasteiger partial charge in [0.2, 0.25) is 0 Å². The van der Waals surface area contributed by atoms with Crippen molar-refractivity contribution < 1.29 is 4.39 Å². The van der Waals surface area contributed by atoms with Crippen molar-refractivity contribution in [1.29, 1.82) is 0 Å². The molecule has 2 aromatic rings. The predicted molar refractivity (Wildman–Crippen MR) is 60.4 cm³/mol. The van der Waals surface area contributed by atoms with Gasteiger partial charge in [0.1, 0.15) is 5.52 Å². The summed E-state index contributed by atoms with van der Waals surface area (Å²) in [6.07, 6.45) is 2.07. The van der Waals surface area contributed by atoms with E-state index in [9.17, 15) is 9.18 Å². The minimum absolute atomic E-state index is 0.215. The number of fused-ring (bicyclic) bond motifs is 1. The predicted octanol–water partition coefficient (Wildman–Crippen LogP) is 1.70. The summed E-state index contributed by atoms with van der Waals surface area (Å²) < 4.78 is 14.1. The van der Waals surface area contributed by atoms with Gasteiger partial charge in [-0.3, -0.25) is 9.18 Å². The van der Waals surface area contributed by atoms with Crippen molar-refractivity contribution in [3.63, 3.8) is 0 Å². The molecule has 0 atom stereocenters. The second kappa shape index (κ2) is 4.08. The SMILES string of the molecule is Cc1c(C)n(CCCF)c2c(=O)[nH]ncc12. The number of aromatic amines is 1. The summed E-state index contributed by atoms with van der Waals surface area (Å²) in [5.74, 6) is 0. The van der Waals surface area contributed by atoms with Crippen molar-refractivity contribution in [2.45, 2.75) is 26.8 Å². The molecule has 0 aliphatic rings. The topological polar surface area (TPSA) is 50.7 Å². The Morgan fingerprint density at radius 1 is 1.50 bits per heavy atom. The third kappa shape index (κ3) is 1.52. The molecular weight excluding hydrogens is 209 g/mol. The highest BCUT2D eigenvalue weighted by Gasteiger charge is 2.13. The minimum Gasteiger partial charge on any atom is -0.340 e.